The lowest BCUT2D eigenvalue weighted by atomic mass is 10.2. The molecule has 108 valence electrons. The van der Waals surface area contributed by atoms with Crippen LogP contribution in [-0.2, 0) is 9.53 Å². The van der Waals surface area contributed by atoms with E-state index in [2.05, 4.69) is 0 Å². The van der Waals surface area contributed by atoms with E-state index in [9.17, 15) is 9.59 Å². The lowest BCUT2D eigenvalue weighted by Crippen LogP contribution is -2.54. The average Bonchev–Trinajstić information content (AvgIpc) is 3.19. The molecule has 19 heavy (non-hydrogen) atoms. The van der Waals surface area contributed by atoms with Crippen molar-refractivity contribution in [2.24, 2.45) is 5.92 Å². The number of carboxylic acids is 1. The topological polar surface area (TPSA) is 70.1 Å². The number of carbonyl (C=O) groups is 2. The molecule has 6 nitrogen and oxygen atoms in total. The molecule has 1 N–H and O–H groups in total. The highest BCUT2D eigenvalue weighted by Gasteiger charge is 2.34. The maximum Gasteiger partial charge on any atom is 0.334 e. The minimum absolute atomic E-state index is 0.0588. The van der Waals surface area contributed by atoms with Gasteiger partial charge in [0.2, 0.25) is 0 Å². The largest absolute Gasteiger partial charge is 0.479 e. The Balaban J connectivity index is 1.97. The van der Waals surface area contributed by atoms with Gasteiger partial charge in [0.25, 0.3) is 0 Å². The summed E-state index contributed by atoms with van der Waals surface area (Å²) in [5.74, 6) is -0.376. The first-order chi connectivity index (χ1) is 8.99. The van der Waals surface area contributed by atoms with Gasteiger partial charge in [-0.3, -0.25) is 0 Å². The van der Waals surface area contributed by atoms with E-state index in [1.807, 2.05) is 18.7 Å². The monoisotopic (exact) mass is 270 g/mol. The number of hydrogen-bond donors (Lipinski definition) is 1. The van der Waals surface area contributed by atoms with E-state index in [0.29, 0.717) is 12.5 Å². The van der Waals surface area contributed by atoms with Crippen LogP contribution in [0, 0.1) is 5.92 Å². The summed E-state index contributed by atoms with van der Waals surface area (Å²) in [5.41, 5.74) is 0. The lowest BCUT2D eigenvalue weighted by molar-refractivity contribution is -0.154. The van der Waals surface area contributed by atoms with E-state index in [0.717, 1.165) is 6.54 Å². The van der Waals surface area contributed by atoms with Crippen LogP contribution in [0.4, 0.5) is 4.79 Å². The Morgan fingerprint density at radius 1 is 1.42 bits per heavy atom. The Hall–Kier alpha value is -1.30. The van der Waals surface area contributed by atoms with Crippen molar-refractivity contribution >= 4 is 12.0 Å². The van der Waals surface area contributed by atoms with Gasteiger partial charge in [-0.05, 0) is 32.6 Å². The first-order valence-corrected chi connectivity index (χ1v) is 6.89. The van der Waals surface area contributed by atoms with Gasteiger partial charge < -0.3 is 19.6 Å². The van der Waals surface area contributed by atoms with Gasteiger partial charge in [0.1, 0.15) is 0 Å². The molecule has 6 heteroatoms. The number of rotatable bonds is 4. The fraction of sp³-hybridized carbons (Fsp3) is 0.846. The van der Waals surface area contributed by atoms with Gasteiger partial charge in [-0.2, -0.15) is 0 Å². The number of morpholine rings is 1. The van der Waals surface area contributed by atoms with Gasteiger partial charge in [0, 0.05) is 19.1 Å². The SMILES string of the molecule is CC(C)N(CC1CC1)C(=O)N1CCOC(C(=O)O)C1. The van der Waals surface area contributed by atoms with Crippen LogP contribution in [0.2, 0.25) is 0 Å². The molecule has 2 aliphatic rings. The van der Waals surface area contributed by atoms with Crippen molar-refractivity contribution < 1.29 is 19.4 Å². The number of nitrogens with zero attached hydrogens (tertiary/aromatic N) is 2. The highest BCUT2D eigenvalue weighted by Crippen LogP contribution is 2.30. The molecular weight excluding hydrogens is 248 g/mol. The van der Waals surface area contributed by atoms with Gasteiger partial charge in [0.05, 0.1) is 13.2 Å². The van der Waals surface area contributed by atoms with Gasteiger partial charge in [-0.15, -0.1) is 0 Å². The second-order valence-corrected chi connectivity index (χ2v) is 5.62. The normalized spacial score (nSPS) is 23.5. The first-order valence-electron chi connectivity index (χ1n) is 6.89. The Labute approximate surface area is 113 Å². The van der Waals surface area contributed by atoms with Crippen LogP contribution in [0.15, 0.2) is 0 Å². The summed E-state index contributed by atoms with van der Waals surface area (Å²) in [6.45, 7) is 5.67. The first kappa shape index (κ1) is 14.1. The van der Waals surface area contributed by atoms with Gasteiger partial charge in [-0.1, -0.05) is 0 Å². The van der Waals surface area contributed by atoms with E-state index < -0.39 is 12.1 Å². The van der Waals surface area contributed by atoms with Crippen molar-refractivity contribution in [3.8, 4) is 0 Å². The lowest BCUT2D eigenvalue weighted by Gasteiger charge is -2.37. The van der Waals surface area contributed by atoms with Crippen LogP contribution in [0.3, 0.4) is 0 Å². The van der Waals surface area contributed by atoms with E-state index >= 15 is 0 Å². The van der Waals surface area contributed by atoms with Crippen molar-refractivity contribution in [2.45, 2.75) is 38.8 Å². The summed E-state index contributed by atoms with van der Waals surface area (Å²) in [6.07, 6.45) is 1.49. The molecule has 0 spiro atoms. The molecule has 2 fully saturated rings. The molecule has 2 amide bonds. The number of carbonyl (C=O) groups excluding carboxylic acids is 1. The fourth-order valence-corrected chi connectivity index (χ4v) is 2.24. The number of hydrogen-bond acceptors (Lipinski definition) is 3. The maximum atomic E-state index is 12.5. The Morgan fingerprint density at radius 3 is 2.63 bits per heavy atom. The Bertz CT molecular complexity index is 355. The zero-order valence-corrected chi connectivity index (χ0v) is 11.5. The van der Waals surface area contributed by atoms with Crippen molar-refractivity contribution in [3.05, 3.63) is 0 Å². The van der Waals surface area contributed by atoms with E-state index in [1.165, 1.54) is 12.8 Å². The maximum absolute atomic E-state index is 12.5. The smallest absolute Gasteiger partial charge is 0.334 e. The third kappa shape index (κ3) is 3.59. The summed E-state index contributed by atoms with van der Waals surface area (Å²) in [5, 5.41) is 8.96. The molecule has 1 saturated carbocycles. The third-order valence-corrected chi connectivity index (χ3v) is 3.63. The summed E-state index contributed by atoms with van der Waals surface area (Å²) in [4.78, 5) is 26.9. The number of carboxylic acid groups (broad SMARTS) is 1. The molecule has 0 aromatic rings. The van der Waals surface area contributed by atoms with E-state index in [-0.39, 0.29) is 25.2 Å². The van der Waals surface area contributed by atoms with Crippen LogP contribution in [-0.4, -0.2) is 65.3 Å². The average molecular weight is 270 g/mol. The molecule has 1 unspecified atom stereocenters. The molecule has 2 rings (SSSR count). The van der Waals surface area contributed by atoms with Gasteiger partial charge in [0.15, 0.2) is 6.10 Å². The highest BCUT2D eigenvalue weighted by atomic mass is 16.5. The number of urea groups is 1. The zero-order valence-electron chi connectivity index (χ0n) is 11.5. The molecule has 1 aliphatic heterocycles. The van der Waals surface area contributed by atoms with E-state index in [4.69, 9.17) is 9.84 Å². The standard InChI is InChI=1S/C13H22N2O4/c1-9(2)15(7-10-3-4-10)13(18)14-5-6-19-11(8-14)12(16)17/h9-11H,3-8H2,1-2H3,(H,16,17). The minimum Gasteiger partial charge on any atom is -0.479 e. The summed E-state index contributed by atoms with van der Waals surface area (Å²) >= 11 is 0. The second-order valence-electron chi connectivity index (χ2n) is 5.62. The zero-order chi connectivity index (χ0) is 14.0. The highest BCUT2D eigenvalue weighted by molar-refractivity contribution is 5.77. The molecular formula is C13H22N2O4. The number of ether oxygens (including phenoxy) is 1. The van der Waals surface area contributed by atoms with Crippen molar-refractivity contribution in [2.75, 3.05) is 26.2 Å². The minimum atomic E-state index is -1.00. The van der Waals surface area contributed by atoms with Gasteiger partial charge in [-0.25, -0.2) is 9.59 Å². The summed E-state index contributed by atoms with van der Waals surface area (Å²) in [6, 6.07) is 0.0793. The Morgan fingerprint density at radius 2 is 2.11 bits per heavy atom. The fourth-order valence-electron chi connectivity index (χ4n) is 2.24. The second kappa shape index (κ2) is 5.77. The predicted octanol–water partition coefficient (Wildman–Crippen LogP) is 1.01. The van der Waals surface area contributed by atoms with Crippen LogP contribution >= 0.6 is 0 Å². The molecule has 1 atom stereocenters. The number of amides is 2. The van der Waals surface area contributed by atoms with Crippen LogP contribution < -0.4 is 0 Å². The quantitative estimate of drug-likeness (QED) is 0.827. The molecule has 1 saturated heterocycles. The summed E-state index contributed by atoms with van der Waals surface area (Å²) < 4.78 is 5.14. The van der Waals surface area contributed by atoms with Crippen LogP contribution in [0.1, 0.15) is 26.7 Å². The molecule has 0 aromatic heterocycles. The molecule has 0 aromatic carbocycles. The molecule has 1 aliphatic carbocycles. The van der Waals surface area contributed by atoms with Crippen molar-refractivity contribution in [3.63, 3.8) is 0 Å². The molecule has 0 radical (unpaired) electrons. The van der Waals surface area contributed by atoms with Crippen molar-refractivity contribution in [1.29, 1.82) is 0 Å². The van der Waals surface area contributed by atoms with E-state index in [1.54, 1.807) is 4.90 Å². The van der Waals surface area contributed by atoms with Gasteiger partial charge >= 0.3 is 12.0 Å². The number of aliphatic carboxylic acids is 1. The van der Waals surface area contributed by atoms with Crippen LogP contribution in [0.5, 0.6) is 0 Å². The molecule has 1 heterocycles. The van der Waals surface area contributed by atoms with Crippen LogP contribution in [0.25, 0.3) is 0 Å². The summed E-state index contributed by atoms with van der Waals surface area (Å²) in [7, 11) is 0. The third-order valence-electron chi connectivity index (χ3n) is 3.63. The Kier molecular flexibility index (Phi) is 4.29. The predicted molar refractivity (Wildman–Crippen MR) is 68.9 cm³/mol. The molecule has 0 bridgehead atoms. The van der Waals surface area contributed by atoms with Crippen molar-refractivity contribution in [1.82, 2.24) is 9.80 Å².